The average molecular weight is 320 g/mol. The van der Waals surface area contributed by atoms with Gasteiger partial charge in [-0.2, -0.15) is 0 Å². The molecule has 0 unspecified atom stereocenters. The van der Waals surface area contributed by atoms with Gasteiger partial charge >= 0.3 is 5.97 Å². The summed E-state index contributed by atoms with van der Waals surface area (Å²) in [6.07, 6.45) is 0.289. The zero-order valence-electron chi connectivity index (χ0n) is 10.7. The third-order valence-electron chi connectivity index (χ3n) is 2.63. The molecular formula is C12H14ClNO5S. The van der Waals surface area contributed by atoms with E-state index in [-0.39, 0.29) is 40.0 Å². The highest BCUT2D eigenvalue weighted by atomic mass is 35.5. The van der Waals surface area contributed by atoms with Gasteiger partial charge in [-0.05, 0) is 24.6 Å². The van der Waals surface area contributed by atoms with Crippen molar-refractivity contribution in [2.75, 3.05) is 12.8 Å². The van der Waals surface area contributed by atoms with Crippen LogP contribution in [-0.2, 0) is 14.6 Å². The molecule has 0 aliphatic carbocycles. The molecule has 1 amide bonds. The van der Waals surface area contributed by atoms with E-state index in [2.05, 4.69) is 5.32 Å². The molecule has 0 aliphatic rings. The highest BCUT2D eigenvalue weighted by Gasteiger charge is 2.18. The first-order valence-corrected chi connectivity index (χ1v) is 7.77. The van der Waals surface area contributed by atoms with Crippen molar-refractivity contribution in [1.29, 1.82) is 0 Å². The summed E-state index contributed by atoms with van der Waals surface area (Å²) in [5.74, 6) is -1.67. The Morgan fingerprint density at radius 1 is 1.35 bits per heavy atom. The van der Waals surface area contributed by atoms with E-state index < -0.39 is 15.8 Å². The van der Waals surface area contributed by atoms with Crippen LogP contribution in [0.5, 0.6) is 0 Å². The number of amides is 1. The molecule has 1 aromatic carbocycles. The maximum Gasteiger partial charge on any atom is 0.337 e. The summed E-state index contributed by atoms with van der Waals surface area (Å²) in [6, 6.07) is 3.46. The summed E-state index contributed by atoms with van der Waals surface area (Å²) in [4.78, 5) is 21.7. The lowest BCUT2D eigenvalue weighted by atomic mass is 10.2. The van der Waals surface area contributed by atoms with Crippen molar-refractivity contribution in [3.8, 4) is 0 Å². The predicted octanol–water partition coefficient (Wildman–Crippen LogP) is 1.34. The Hall–Kier alpha value is -1.60. The van der Waals surface area contributed by atoms with Crippen molar-refractivity contribution >= 4 is 33.3 Å². The van der Waals surface area contributed by atoms with Gasteiger partial charge in [0.25, 0.3) is 0 Å². The number of sulfone groups is 1. The number of hydrogen-bond acceptors (Lipinski definition) is 4. The van der Waals surface area contributed by atoms with Gasteiger partial charge in [-0.25, -0.2) is 13.2 Å². The lowest BCUT2D eigenvalue weighted by Gasteiger charge is -2.06. The van der Waals surface area contributed by atoms with E-state index in [0.717, 1.165) is 12.1 Å². The van der Waals surface area contributed by atoms with Gasteiger partial charge in [0.1, 0.15) is 0 Å². The van der Waals surface area contributed by atoms with Crippen LogP contribution in [0.3, 0.4) is 0 Å². The topological polar surface area (TPSA) is 101 Å². The first kappa shape index (κ1) is 16.5. The van der Waals surface area contributed by atoms with Gasteiger partial charge in [0, 0.05) is 13.5 Å². The molecule has 0 saturated heterocycles. The second-order valence-electron chi connectivity index (χ2n) is 4.04. The van der Waals surface area contributed by atoms with Crippen molar-refractivity contribution in [2.45, 2.75) is 17.7 Å². The van der Waals surface area contributed by atoms with Gasteiger partial charge in [-0.15, -0.1) is 0 Å². The number of carbonyl (C=O) groups excluding carboxylic acids is 1. The maximum atomic E-state index is 12.0. The summed E-state index contributed by atoms with van der Waals surface area (Å²) in [5.41, 5.74) is -0.157. The molecule has 0 fully saturated rings. The van der Waals surface area contributed by atoms with Crippen LogP contribution in [0.4, 0.5) is 0 Å². The van der Waals surface area contributed by atoms with Gasteiger partial charge in [-0.1, -0.05) is 11.6 Å². The van der Waals surface area contributed by atoms with Crippen LogP contribution in [0.25, 0.3) is 0 Å². The standard InChI is InChI=1S/C12H14ClNO5S/c1-14-11(15)3-2-6-20(18,19)8-4-5-9(12(16)17)10(13)7-8/h4-5,7H,2-3,6H2,1H3,(H,14,15)(H,16,17). The van der Waals surface area contributed by atoms with Gasteiger partial charge in [0.05, 0.1) is 21.2 Å². The van der Waals surface area contributed by atoms with Crippen LogP contribution >= 0.6 is 11.6 Å². The molecule has 0 aliphatic heterocycles. The number of halogens is 1. The fraction of sp³-hybridized carbons (Fsp3) is 0.333. The monoisotopic (exact) mass is 319 g/mol. The number of carboxylic acids is 1. The molecule has 1 rings (SSSR count). The third kappa shape index (κ3) is 4.21. The Morgan fingerprint density at radius 3 is 2.50 bits per heavy atom. The zero-order valence-corrected chi connectivity index (χ0v) is 12.3. The largest absolute Gasteiger partial charge is 0.478 e. The van der Waals surface area contributed by atoms with E-state index in [1.54, 1.807) is 0 Å². The smallest absolute Gasteiger partial charge is 0.337 e. The molecular weight excluding hydrogens is 306 g/mol. The minimum absolute atomic E-state index is 0.0515. The molecule has 110 valence electrons. The van der Waals surface area contributed by atoms with Crippen LogP contribution in [-0.4, -0.2) is 38.2 Å². The summed E-state index contributed by atoms with van der Waals surface area (Å²) in [5, 5.41) is 11.1. The second-order valence-corrected chi connectivity index (χ2v) is 6.56. The van der Waals surface area contributed by atoms with E-state index in [0.29, 0.717) is 0 Å². The normalized spacial score (nSPS) is 11.1. The minimum Gasteiger partial charge on any atom is -0.478 e. The van der Waals surface area contributed by atoms with Crippen molar-refractivity contribution < 1.29 is 23.1 Å². The van der Waals surface area contributed by atoms with Crippen LogP contribution < -0.4 is 5.32 Å². The molecule has 2 N–H and O–H groups in total. The first-order valence-electron chi connectivity index (χ1n) is 5.74. The number of carbonyl (C=O) groups is 2. The number of benzene rings is 1. The van der Waals surface area contributed by atoms with Crippen molar-refractivity contribution in [2.24, 2.45) is 0 Å². The lowest BCUT2D eigenvalue weighted by Crippen LogP contribution is -2.18. The van der Waals surface area contributed by atoms with E-state index in [1.165, 1.54) is 13.1 Å². The van der Waals surface area contributed by atoms with Crippen LogP contribution in [0.15, 0.2) is 23.1 Å². The predicted molar refractivity (Wildman–Crippen MR) is 73.8 cm³/mol. The fourth-order valence-corrected chi connectivity index (χ4v) is 3.19. The average Bonchev–Trinajstić information content (AvgIpc) is 2.37. The van der Waals surface area contributed by atoms with E-state index in [1.807, 2.05) is 0 Å². The molecule has 0 saturated carbocycles. The van der Waals surface area contributed by atoms with Crippen molar-refractivity contribution in [1.82, 2.24) is 5.32 Å². The summed E-state index contributed by atoms with van der Waals surface area (Å²) in [6.45, 7) is 0. The molecule has 8 heteroatoms. The van der Waals surface area contributed by atoms with E-state index >= 15 is 0 Å². The Kier molecular flexibility index (Phi) is 5.52. The van der Waals surface area contributed by atoms with Crippen LogP contribution in [0.1, 0.15) is 23.2 Å². The summed E-state index contributed by atoms with van der Waals surface area (Å²) in [7, 11) is -2.11. The third-order valence-corrected chi connectivity index (χ3v) is 4.74. The van der Waals surface area contributed by atoms with Gasteiger partial charge in [-0.3, -0.25) is 4.79 Å². The lowest BCUT2D eigenvalue weighted by molar-refractivity contribution is -0.120. The molecule has 1 aromatic rings. The fourth-order valence-electron chi connectivity index (χ4n) is 1.53. The molecule has 0 heterocycles. The van der Waals surface area contributed by atoms with Gasteiger partial charge in [0.2, 0.25) is 5.91 Å². The Morgan fingerprint density at radius 2 is 2.00 bits per heavy atom. The maximum absolute atomic E-state index is 12.0. The second kappa shape index (κ2) is 6.71. The number of hydrogen-bond donors (Lipinski definition) is 2. The number of aromatic carboxylic acids is 1. The molecule has 0 bridgehead atoms. The van der Waals surface area contributed by atoms with Crippen molar-refractivity contribution in [3.05, 3.63) is 28.8 Å². The van der Waals surface area contributed by atoms with Gasteiger partial charge < -0.3 is 10.4 Å². The highest BCUT2D eigenvalue weighted by Crippen LogP contribution is 2.22. The quantitative estimate of drug-likeness (QED) is 0.824. The Bertz CT molecular complexity index is 627. The highest BCUT2D eigenvalue weighted by molar-refractivity contribution is 7.91. The first-order chi connectivity index (χ1) is 9.27. The molecule has 0 atom stereocenters. The van der Waals surface area contributed by atoms with E-state index in [4.69, 9.17) is 16.7 Å². The molecule has 0 radical (unpaired) electrons. The number of nitrogens with one attached hydrogen (secondary N) is 1. The summed E-state index contributed by atoms with van der Waals surface area (Å²) >= 11 is 5.73. The van der Waals surface area contributed by atoms with Gasteiger partial charge in [0.15, 0.2) is 9.84 Å². The summed E-state index contributed by atoms with van der Waals surface area (Å²) < 4.78 is 24.0. The molecule has 6 nitrogen and oxygen atoms in total. The molecule has 0 spiro atoms. The Balaban J connectivity index is 2.85. The van der Waals surface area contributed by atoms with Crippen LogP contribution in [0.2, 0.25) is 5.02 Å². The SMILES string of the molecule is CNC(=O)CCCS(=O)(=O)c1ccc(C(=O)O)c(Cl)c1. The van der Waals surface area contributed by atoms with Crippen molar-refractivity contribution in [3.63, 3.8) is 0 Å². The van der Waals surface area contributed by atoms with Crippen LogP contribution in [0, 0.1) is 0 Å². The number of carboxylic acid groups (broad SMARTS) is 1. The molecule has 0 aromatic heterocycles. The Labute approximate surface area is 121 Å². The minimum atomic E-state index is -3.59. The molecule has 20 heavy (non-hydrogen) atoms. The number of rotatable bonds is 6. The zero-order chi connectivity index (χ0) is 15.3. The van der Waals surface area contributed by atoms with E-state index in [9.17, 15) is 18.0 Å².